The molecule has 1 N–H and O–H groups in total. The number of benzene rings is 1. The molecule has 25 heavy (non-hydrogen) atoms. The topological polar surface area (TPSA) is 55.6 Å². The molecule has 1 aliphatic rings. The predicted molar refractivity (Wildman–Crippen MR) is 96.2 cm³/mol. The zero-order valence-corrected chi connectivity index (χ0v) is 14.7. The van der Waals surface area contributed by atoms with E-state index in [4.69, 9.17) is 21.6 Å². The summed E-state index contributed by atoms with van der Waals surface area (Å²) in [4.78, 5) is 9.45. The molecule has 0 radical (unpaired) electrons. The van der Waals surface area contributed by atoms with E-state index in [1.165, 1.54) is 18.9 Å². The molecule has 2 heterocycles. The van der Waals surface area contributed by atoms with E-state index < -0.39 is 0 Å². The Morgan fingerprint density at radius 1 is 1.28 bits per heavy atom. The molecule has 130 valence electrons. The van der Waals surface area contributed by atoms with Crippen LogP contribution >= 0.6 is 11.6 Å². The van der Waals surface area contributed by atoms with Gasteiger partial charge in [-0.2, -0.15) is 5.10 Å². The Labute approximate surface area is 150 Å². The summed E-state index contributed by atoms with van der Waals surface area (Å²) < 4.78 is 15.8. The van der Waals surface area contributed by atoms with Crippen molar-refractivity contribution in [1.29, 1.82) is 0 Å². The average molecular weight is 360 g/mol. The maximum absolute atomic E-state index is 14.0. The Bertz CT molecular complexity index is 897. The van der Waals surface area contributed by atoms with Crippen LogP contribution in [0.15, 0.2) is 24.4 Å². The maximum Gasteiger partial charge on any atom is 0.163 e. The third-order valence-electron chi connectivity index (χ3n) is 4.82. The summed E-state index contributed by atoms with van der Waals surface area (Å²) in [6.45, 7) is 0.261. The molecule has 1 aromatic carbocycles. The van der Waals surface area contributed by atoms with Crippen LogP contribution < -0.4 is 5.32 Å². The molecule has 0 saturated heterocycles. The van der Waals surface area contributed by atoms with Crippen molar-refractivity contribution in [3.63, 3.8) is 0 Å². The first kappa shape index (κ1) is 16.3. The van der Waals surface area contributed by atoms with Gasteiger partial charge in [0, 0.05) is 30.1 Å². The van der Waals surface area contributed by atoms with Crippen LogP contribution in [-0.2, 0) is 13.6 Å². The zero-order valence-electron chi connectivity index (χ0n) is 14.0. The van der Waals surface area contributed by atoms with Crippen LogP contribution in [0.5, 0.6) is 0 Å². The second-order valence-corrected chi connectivity index (χ2v) is 6.88. The molecule has 0 bridgehead atoms. The highest BCUT2D eigenvalue weighted by Gasteiger charge is 2.22. The van der Waals surface area contributed by atoms with Crippen LogP contribution in [0.1, 0.15) is 43.0 Å². The van der Waals surface area contributed by atoms with Crippen molar-refractivity contribution in [2.24, 2.45) is 7.05 Å². The first-order valence-electron chi connectivity index (χ1n) is 8.50. The Hall–Kier alpha value is -2.21. The van der Waals surface area contributed by atoms with Crippen molar-refractivity contribution in [1.82, 2.24) is 19.7 Å². The highest BCUT2D eigenvalue weighted by atomic mass is 35.5. The number of rotatable bonds is 4. The van der Waals surface area contributed by atoms with Gasteiger partial charge in [0.05, 0.1) is 11.6 Å². The third-order valence-corrected chi connectivity index (χ3v) is 5.18. The quantitative estimate of drug-likeness (QED) is 0.748. The molecule has 3 aromatic rings. The van der Waals surface area contributed by atoms with E-state index in [1.54, 1.807) is 23.0 Å². The lowest BCUT2D eigenvalue weighted by atomic mass is 10.1. The summed E-state index contributed by atoms with van der Waals surface area (Å²) in [6.07, 6.45) is 6.39. The van der Waals surface area contributed by atoms with Crippen LogP contribution in [0.25, 0.3) is 11.0 Å². The lowest BCUT2D eigenvalue weighted by molar-refractivity contribution is 0.613. The van der Waals surface area contributed by atoms with Gasteiger partial charge in [-0.05, 0) is 25.0 Å². The first-order chi connectivity index (χ1) is 12.1. The third kappa shape index (κ3) is 3.06. The molecule has 0 aliphatic heterocycles. The Morgan fingerprint density at radius 3 is 2.84 bits per heavy atom. The van der Waals surface area contributed by atoms with Crippen LogP contribution in [-0.4, -0.2) is 19.7 Å². The number of nitrogens with zero attached hydrogens (tertiary/aromatic N) is 4. The summed E-state index contributed by atoms with van der Waals surface area (Å²) in [5, 5.41) is 8.76. The first-order valence-corrected chi connectivity index (χ1v) is 8.87. The molecular formula is C18H19ClFN5. The van der Waals surface area contributed by atoms with Crippen molar-refractivity contribution in [3.8, 4) is 0 Å². The minimum absolute atomic E-state index is 0.261. The number of hydrogen-bond acceptors (Lipinski definition) is 4. The van der Waals surface area contributed by atoms with Crippen molar-refractivity contribution in [2.45, 2.75) is 38.1 Å². The van der Waals surface area contributed by atoms with Crippen molar-refractivity contribution < 1.29 is 4.39 Å². The number of aryl methyl sites for hydroxylation is 1. The molecule has 0 unspecified atom stereocenters. The van der Waals surface area contributed by atoms with Gasteiger partial charge in [0.15, 0.2) is 5.65 Å². The van der Waals surface area contributed by atoms with E-state index >= 15 is 0 Å². The molecule has 4 rings (SSSR count). The molecule has 5 nitrogen and oxygen atoms in total. The lowest BCUT2D eigenvalue weighted by Crippen LogP contribution is -2.09. The van der Waals surface area contributed by atoms with Gasteiger partial charge in [-0.25, -0.2) is 14.4 Å². The van der Waals surface area contributed by atoms with E-state index in [9.17, 15) is 4.39 Å². The maximum atomic E-state index is 14.0. The zero-order chi connectivity index (χ0) is 17.4. The van der Waals surface area contributed by atoms with E-state index in [-0.39, 0.29) is 12.4 Å². The number of aromatic nitrogens is 4. The largest absolute Gasteiger partial charge is 0.365 e. The minimum Gasteiger partial charge on any atom is -0.365 e. The summed E-state index contributed by atoms with van der Waals surface area (Å²) in [5.74, 6) is 1.58. The second-order valence-electron chi connectivity index (χ2n) is 6.47. The summed E-state index contributed by atoms with van der Waals surface area (Å²) in [5.41, 5.74) is 1.22. The highest BCUT2D eigenvalue weighted by Crippen LogP contribution is 2.34. The standard InChI is InChI=1S/C18H19ClFN5/c1-25-18-13(10-22-25)17(23-16(24-18)11-5-2-3-6-11)21-9-12-14(19)7-4-8-15(12)20/h4,7-8,10-11H,2-3,5-6,9H2,1H3,(H,21,23,24). The number of hydrogen-bond donors (Lipinski definition) is 1. The summed E-state index contributed by atoms with van der Waals surface area (Å²) in [6, 6.07) is 4.70. The Morgan fingerprint density at radius 2 is 2.08 bits per heavy atom. The summed E-state index contributed by atoms with van der Waals surface area (Å²) >= 11 is 6.12. The molecule has 1 saturated carbocycles. The van der Waals surface area contributed by atoms with Gasteiger partial charge in [-0.3, -0.25) is 4.68 Å². The molecule has 1 fully saturated rings. The van der Waals surface area contributed by atoms with Crippen molar-refractivity contribution in [3.05, 3.63) is 46.6 Å². The number of nitrogens with one attached hydrogen (secondary N) is 1. The van der Waals surface area contributed by atoms with Gasteiger partial charge in [-0.1, -0.05) is 30.5 Å². The number of halogens is 2. The second kappa shape index (κ2) is 6.59. The normalized spacial score (nSPS) is 15.2. The molecule has 0 atom stereocenters. The van der Waals surface area contributed by atoms with Gasteiger partial charge in [0.2, 0.25) is 0 Å². The van der Waals surface area contributed by atoms with Gasteiger partial charge in [0.25, 0.3) is 0 Å². The van der Waals surface area contributed by atoms with Crippen molar-refractivity contribution >= 4 is 28.5 Å². The SMILES string of the molecule is Cn1ncc2c(NCc3c(F)cccc3Cl)nc(C3CCCC3)nc21. The monoisotopic (exact) mass is 359 g/mol. The summed E-state index contributed by atoms with van der Waals surface area (Å²) in [7, 11) is 1.87. The van der Waals surface area contributed by atoms with E-state index in [1.807, 2.05) is 7.05 Å². The Kier molecular flexibility index (Phi) is 4.29. The number of anilines is 1. The van der Waals surface area contributed by atoms with Crippen LogP contribution in [0.3, 0.4) is 0 Å². The fourth-order valence-electron chi connectivity index (χ4n) is 3.41. The van der Waals surface area contributed by atoms with Crippen LogP contribution in [0.2, 0.25) is 5.02 Å². The fraction of sp³-hybridized carbons (Fsp3) is 0.389. The van der Waals surface area contributed by atoms with Gasteiger partial charge < -0.3 is 5.32 Å². The van der Waals surface area contributed by atoms with Crippen LogP contribution in [0.4, 0.5) is 10.2 Å². The smallest absolute Gasteiger partial charge is 0.163 e. The Balaban J connectivity index is 1.70. The van der Waals surface area contributed by atoms with Crippen molar-refractivity contribution in [2.75, 3.05) is 5.32 Å². The van der Waals surface area contributed by atoms with E-state index in [2.05, 4.69) is 10.4 Å². The lowest BCUT2D eigenvalue weighted by Gasteiger charge is -2.13. The van der Waals surface area contributed by atoms with Gasteiger partial charge in [0.1, 0.15) is 17.5 Å². The van der Waals surface area contributed by atoms with E-state index in [0.717, 1.165) is 29.7 Å². The molecule has 1 aliphatic carbocycles. The fourth-order valence-corrected chi connectivity index (χ4v) is 3.64. The highest BCUT2D eigenvalue weighted by molar-refractivity contribution is 6.31. The molecule has 2 aromatic heterocycles. The minimum atomic E-state index is -0.326. The molecule has 0 spiro atoms. The number of fused-ring (bicyclic) bond motifs is 1. The predicted octanol–water partition coefficient (Wildman–Crippen LogP) is 4.43. The van der Waals surface area contributed by atoms with Crippen LogP contribution in [0, 0.1) is 5.82 Å². The average Bonchev–Trinajstić information content (AvgIpc) is 3.25. The molecule has 0 amide bonds. The molecule has 7 heteroatoms. The van der Waals surface area contributed by atoms with Gasteiger partial charge in [-0.15, -0.1) is 0 Å². The van der Waals surface area contributed by atoms with Gasteiger partial charge >= 0.3 is 0 Å². The van der Waals surface area contributed by atoms with E-state index in [0.29, 0.717) is 22.3 Å². The molecular weight excluding hydrogens is 341 g/mol.